The predicted molar refractivity (Wildman–Crippen MR) is 110 cm³/mol. The standard InChI is InChI=1S/C22H21NO6/c1-26-19-9-6-15(12-21(19)28-3)14-5-8-17(18(11-14)23(24)25)16-7-10-20(27-2)22(13-16)29-4/h5-13H,1-4H3. The first-order valence-corrected chi connectivity index (χ1v) is 8.75. The average molecular weight is 395 g/mol. The SMILES string of the molecule is COc1ccc(-c2ccc(-c3ccc(OC)c(OC)c3)c([N+](=O)[O-])c2)cc1OC. The highest BCUT2D eigenvalue weighted by Crippen LogP contribution is 2.39. The lowest BCUT2D eigenvalue weighted by molar-refractivity contribution is -0.384. The summed E-state index contributed by atoms with van der Waals surface area (Å²) in [7, 11) is 6.17. The molecule has 7 nitrogen and oxygen atoms in total. The summed E-state index contributed by atoms with van der Waals surface area (Å²) in [4.78, 5) is 11.4. The molecule has 0 saturated heterocycles. The maximum Gasteiger partial charge on any atom is 0.277 e. The van der Waals surface area contributed by atoms with Crippen LogP contribution in [0.25, 0.3) is 22.3 Å². The van der Waals surface area contributed by atoms with Crippen molar-refractivity contribution in [3.63, 3.8) is 0 Å². The van der Waals surface area contributed by atoms with Gasteiger partial charge in [0.1, 0.15) is 0 Å². The summed E-state index contributed by atoms with van der Waals surface area (Å²) in [5, 5.41) is 11.8. The molecule has 3 aromatic carbocycles. The van der Waals surface area contributed by atoms with Gasteiger partial charge >= 0.3 is 0 Å². The van der Waals surface area contributed by atoms with Crippen molar-refractivity contribution < 1.29 is 23.9 Å². The minimum atomic E-state index is -0.393. The quantitative estimate of drug-likeness (QED) is 0.415. The first kappa shape index (κ1) is 20.0. The van der Waals surface area contributed by atoms with E-state index in [1.165, 1.54) is 14.2 Å². The third kappa shape index (κ3) is 3.94. The van der Waals surface area contributed by atoms with Gasteiger partial charge in [-0.15, -0.1) is 0 Å². The van der Waals surface area contributed by atoms with Crippen LogP contribution in [0.5, 0.6) is 23.0 Å². The first-order chi connectivity index (χ1) is 14.0. The van der Waals surface area contributed by atoms with Crippen molar-refractivity contribution in [3.8, 4) is 45.3 Å². The second-order valence-corrected chi connectivity index (χ2v) is 6.13. The van der Waals surface area contributed by atoms with Gasteiger partial charge in [-0.25, -0.2) is 0 Å². The molecular formula is C22H21NO6. The van der Waals surface area contributed by atoms with Gasteiger partial charge in [0.05, 0.1) is 38.9 Å². The summed E-state index contributed by atoms with van der Waals surface area (Å²) in [5.74, 6) is 2.20. The Bertz CT molecular complexity index is 1050. The van der Waals surface area contributed by atoms with Gasteiger partial charge in [0.15, 0.2) is 23.0 Å². The smallest absolute Gasteiger partial charge is 0.277 e. The molecule has 0 aliphatic carbocycles. The minimum absolute atomic E-state index is 0.00972. The Balaban J connectivity index is 2.10. The molecule has 150 valence electrons. The van der Waals surface area contributed by atoms with Crippen LogP contribution in [0.3, 0.4) is 0 Å². The number of nitro benzene ring substituents is 1. The molecule has 0 unspecified atom stereocenters. The van der Waals surface area contributed by atoms with E-state index in [0.717, 1.165) is 5.56 Å². The van der Waals surface area contributed by atoms with Crippen LogP contribution < -0.4 is 18.9 Å². The van der Waals surface area contributed by atoms with Crippen LogP contribution in [0, 0.1) is 10.1 Å². The van der Waals surface area contributed by atoms with E-state index in [0.29, 0.717) is 39.7 Å². The van der Waals surface area contributed by atoms with Crippen LogP contribution >= 0.6 is 0 Å². The fourth-order valence-electron chi connectivity index (χ4n) is 3.13. The molecule has 0 saturated carbocycles. The van der Waals surface area contributed by atoms with Gasteiger partial charge in [-0.05, 0) is 47.0 Å². The third-order valence-electron chi connectivity index (χ3n) is 4.61. The molecule has 0 spiro atoms. The molecule has 0 radical (unpaired) electrons. The topological polar surface area (TPSA) is 80.1 Å². The summed E-state index contributed by atoms with van der Waals surface area (Å²) < 4.78 is 21.1. The summed E-state index contributed by atoms with van der Waals surface area (Å²) >= 11 is 0. The number of hydrogen-bond acceptors (Lipinski definition) is 6. The molecular weight excluding hydrogens is 374 g/mol. The molecule has 0 heterocycles. The molecule has 0 bridgehead atoms. The fourth-order valence-corrected chi connectivity index (χ4v) is 3.13. The van der Waals surface area contributed by atoms with E-state index < -0.39 is 4.92 Å². The number of nitro groups is 1. The van der Waals surface area contributed by atoms with E-state index in [-0.39, 0.29) is 5.69 Å². The molecule has 0 atom stereocenters. The van der Waals surface area contributed by atoms with Crippen LogP contribution in [-0.4, -0.2) is 33.4 Å². The van der Waals surface area contributed by atoms with E-state index in [1.54, 1.807) is 56.7 Å². The second-order valence-electron chi connectivity index (χ2n) is 6.13. The number of hydrogen-bond donors (Lipinski definition) is 0. The van der Waals surface area contributed by atoms with Gasteiger partial charge in [0, 0.05) is 6.07 Å². The van der Waals surface area contributed by atoms with E-state index in [2.05, 4.69) is 0 Å². The van der Waals surface area contributed by atoms with E-state index >= 15 is 0 Å². The van der Waals surface area contributed by atoms with Gasteiger partial charge in [-0.2, -0.15) is 0 Å². The minimum Gasteiger partial charge on any atom is -0.493 e. The molecule has 7 heteroatoms. The number of methoxy groups -OCH3 is 4. The average Bonchev–Trinajstić information content (AvgIpc) is 2.77. The fraction of sp³-hybridized carbons (Fsp3) is 0.182. The maximum absolute atomic E-state index is 11.8. The van der Waals surface area contributed by atoms with Crippen molar-refractivity contribution in [2.24, 2.45) is 0 Å². The highest BCUT2D eigenvalue weighted by atomic mass is 16.6. The molecule has 0 fully saturated rings. The van der Waals surface area contributed by atoms with Gasteiger partial charge in [0.2, 0.25) is 0 Å². The van der Waals surface area contributed by atoms with Crippen molar-refractivity contribution >= 4 is 5.69 Å². The van der Waals surface area contributed by atoms with Crippen LogP contribution in [0.2, 0.25) is 0 Å². The molecule has 3 aromatic rings. The number of rotatable bonds is 7. The van der Waals surface area contributed by atoms with Gasteiger partial charge in [-0.3, -0.25) is 10.1 Å². The van der Waals surface area contributed by atoms with Crippen molar-refractivity contribution in [3.05, 3.63) is 64.7 Å². The summed E-state index contributed by atoms with van der Waals surface area (Å²) in [6, 6.07) is 15.7. The van der Waals surface area contributed by atoms with E-state index in [4.69, 9.17) is 18.9 Å². The summed E-state index contributed by atoms with van der Waals surface area (Å²) in [5.41, 5.74) is 2.62. The first-order valence-electron chi connectivity index (χ1n) is 8.75. The van der Waals surface area contributed by atoms with Crippen LogP contribution in [0.15, 0.2) is 54.6 Å². The number of nitrogens with zero attached hydrogens (tertiary/aromatic N) is 1. The van der Waals surface area contributed by atoms with Crippen molar-refractivity contribution in [1.29, 1.82) is 0 Å². The normalized spacial score (nSPS) is 10.3. The molecule has 3 rings (SSSR count). The number of benzene rings is 3. The Kier molecular flexibility index (Phi) is 5.87. The number of ether oxygens (including phenoxy) is 4. The van der Waals surface area contributed by atoms with Crippen LogP contribution in [-0.2, 0) is 0 Å². The maximum atomic E-state index is 11.8. The molecule has 0 amide bonds. The van der Waals surface area contributed by atoms with Crippen LogP contribution in [0.4, 0.5) is 5.69 Å². The lowest BCUT2D eigenvalue weighted by Crippen LogP contribution is -1.95. The van der Waals surface area contributed by atoms with E-state index in [9.17, 15) is 10.1 Å². The molecule has 0 aliphatic heterocycles. The zero-order valence-corrected chi connectivity index (χ0v) is 16.6. The Labute approximate surface area is 168 Å². The Hall–Kier alpha value is -3.74. The van der Waals surface area contributed by atoms with Gasteiger partial charge in [-0.1, -0.05) is 18.2 Å². The summed E-state index contributed by atoms with van der Waals surface area (Å²) in [6.07, 6.45) is 0. The molecule has 0 aliphatic rings. The van der Waals surface area contributed by atoms with Gasteiger partial charge in [0.25, 0.3) is 5.69 Å². The van der Waals surface area contributed by atoms with Crippen molar-refractivity contribution in [1.82, 2.24) is 0 Å². The molecule has 0 N–H and O–H groups in total. The Morgan fingerprint density at radius 2 is 1.07 bits per heavy atom. The van der Waals surface area contributed by atoms with Crippen molar-refractivity contribution in [2.75, 3.05) is 28.4 Å². The van der Waals surface area contributed by atoms with E-state index in [1.807, 2.05) is 12.1 Å². The van der Waals surface area contributed by atoms with Crippen molar-refractivity contribution in [2.45, 2.75) is 0 Å². The monoisotopic (exact) mass is 395 g/mol. The zero-order valence-electron chi connectivity index (χ0n) is 16.6. The second kappa shape index (κ2) is 8.52. The summed E-state index contributed by atoms with van der Waals surface area (Å²) in [6.45, 7) is 0. The Morgan fingerprint density at radius 1 is 0.621 bits per heavy atom. The lowest BCUT2D eigenvalue weighted by atomic mass is 9.98. The highest BCUT2D eigenvalue weighted by molar-refractivity contribution is 5.80. The molecule has 0 aromatic heterocycles. The Morgan fingerprint density at radius 3 is 1.59 bits per heavy atom. The third-order valence-corrected chi connectivity index (χ3v) is 4.61. The lowest BCUT2D eigenvalue weighted by Gasteiger charge is -2.12. The highest BCUT2D eigenvalue weighted by Gasteiger charge is 2.19. The zero-order chi connectivity index (χ0) is 21.0. The predicted octanol–water partition coefficient (Wildman–Crippen LogP) is 4.96. The molecule has 29 heavy (non-hydrogen) atoms. The van der Waals surface area contributed by atoms with Crippen LogP contribution in [0.1, 0.15) is 0 Å². The largest absolute Gasteiger partial charge is 0.493 e. The van der Waals surface area contributed by atoms with Gasteiger partial charge < -0.3 is 18.9 Å².